The molecule has 0 aliphatic rings. The molecule has 0 atom stereocenters. The van der Waals surface area contributed by atoms with E-state index in [2.05, 4.69) is 15.5 Å². The van der Waals surface area contributed by atoms with Crippen LogP contribution < -0.4 is 10.9 Å². The van der Waals surface area contributed by atoms with Gasteiger partial charge in [0.15, 0.2) is 0 Å². The van der Waals surface area contributed by atoms with E-state index < -0.39 is 5.91 Å². The van der Waals surface area contributed by atoms with E-state index in [4.69, 9.17) is 27.6 Å². The molecule has 0 fully saturated rings. The topological polar surface area (TPSA) is 84.6 Å². The van der Waals surface area contributed by atoms with Gasteiger partial charge in [-0.1, -0.05) is 35.3 Å². The van der Waals surface area contributed by atoms with E-state index in [-0.39, 0.29) is 26.9 Å². The zero-order chi connectivity index (χ0) is 17.1. The molecule has 120 valence electrons. The fourth-order valence-corrected chi connectivity index (χ4v) is 2.46. The third-order valence-electron chi connectivity index (χ3n) is 3.10. The lowest BCUT2D eigenvalue weighted by Crippen LogP contribution is -2.18. The Kier molecular flexibility index (Phi) is 4.59. The molecule has 3 aromatic rings. The summed E-state index contributed by atoms with van der Waals surface area (Å²) in [5, 5.41) is 4.36. The molecular formula is C16H9Cl2N3O3. The highest BCUT2D eigenvalue weighted by molar-refractivity contribution is 6.33. The zero-order valence-electron chi connectivity index (χ0n) is 12.0. The van der Waals surface area contributed by atoms with Crippen molar-refractivity contribution in [1.29, 1.82) is 0 Å². The number of hydrogen-bond donors (Lipinski definition) is 1. The first-order valence-electron chi connectivity index (χ1n) is 6.71. The lowest BCUT2D eigenvalue weighted by molar-refractivity contribution is 0.0955. The third kappa shape index (κ3) is 3.45. The molecule has 1 N–H and O–H groups in total. The number of aromatic nitrogens is 1. The summed E-state index contributed by atoms with van der Waals surface area (Å²) in [6.45, 7) is 0. The van der Waals surface area contributed by atoms with Gasteiger partial charge in [0.1, 0.15) is 22.2 Å². The van der Waals surface area contributed by atoms with Crippen molar-refractivity contribution < 1.29 is 9.21 Å². The molecule has 2 aromatic heterocycles. The first kappa shape index (κ1) is 16.2. The average Bonchev–Trinajstić information content (AvgIpc) is 2.56. The van der Waals surface area contributed by atoms with Gasteiger partial charge >= 0.3 is 0 Å². The van der Waals surface area contributed by atoms with Crippen molar-refractivity contribution in [1.82, 2.24) is 10.4 Å². The summed E-state index contributed by atoms with van der Waals surface area (Å²) in [4.78, 5) is 28.0. The summed E-state index contributed by atoms with van der Waals surface area (Å²) in [5.74, 6) is -0.539. The highest BCUT2D eigenvalue weighted by atomic mass is 35.5. The van der Waals surface area contributed by atoms with Gasteiger partial charge < -0.3 is 4.42 Å². The lowest BCUT2D eigenvalue weighted by Gasteiger charge is -2.01. The van der Waals surface area contributed by atoms with Crippen LogP contribution in [0.15, 0.2) is 57.0 Å². The molecule has 0 saturated carbocycles. The van der Waals surface area contributed by atoms with E-state index in [1.54, 1.807) is 24.3 Å². The van der Waals surface area contributed by atoms with Gasteiger partial charge in [-0.2, -0.15) is 5.10 Å². The van der Waals surface area contributed by atoms with Gasteiger partial charge in [0.05, 0.1) is 17.2 Å². The first-order valence-corrected chi connectivity index (χ1v) is 7.47. The van der Waals surface area contributed by atoms with E-state index in [1.165, 1.54) is 24.6 Å². The average molecular weight is 362 g/mol. The zero-order valence-corrected chi connectivity index (χ0v) is 13.5. The number of benzene rings is 1. The second-order valence-corrected chi connectivity index (χ2v) is 5.49. The number of carbonyl (C=O) groups is 1. The molecule has 1 aromatic carbocycles. The summed E-state index contributed by atoms with van der Waals surface area (Å²) in [7, 11) is 0. The molecule has 1 amide bonds. The van der Waals surface area contributed by atoms with Gasteiger partial charge in [-0.05, 0) is 24.3 Å². The van der Waals surface area contributed by atoms with Gasteiger partial charge in [0.25, 0.3) is 5.91 Å². The number of amides is 1. The first-order chi connectivity index (χ1) is 11.5. The smallest absolute Gasteiger partial charge is 0.271 e. The van der Waals surface area contributed by atoms with Crippen molar-refractivity contribution in [2.24, 2.45) is 5.10 Å². The second kappa shape index (κ2) is 6.82. The van der Waals surface area contributed by atoms with Crippen molar-refractivity contribution in [2.75, 3.05) is 0 Å². The summed E-state index contributed by atoms with van der Waals surface area (Å²) in [6, 6.07) is 9.54. The van der Waals surface area contributed by atoms with E-state index in [1.807, 2.05) is 0 Å². The number of para-hydroxylation sites is 1. The van der Waals surface area contributed by atoms with Crippen LogP contribution in [0, 0.1) is 0 Å². The van der Waals surface area contributed by atoms with Crippen LogP contribution in [0.5, 0.6) is 0 Å². The van der Waals surface area contributed by atoms with Crippen LogP contribution in [0.3, 0.4) is 0 Å². The van der Waals surface area contributed by atoms with Gasteiger partial charge in [-0.25, -0.2) is 10.4 Å². The molecule has 3 rings (SSSR count). The van der Waals surface area contributed by atoms with Crippen molar-refractivity contribution >= 4 is 46.3 Å². The number of nitrogens with one attached hydrogen (secondary N) is 1. The van der Waals surface area contributed by atoms with Gasteiger partial charge in [0.2, 0.25) is 5.43 Å². The van der Waals surface area contributed by atoms with Crippen LogP contribution in [0.1, 0.15) is 15.9 Å². The Balaban J connectivity index is 1.80. The number of hydrazone groups is 1. The van der Waals surface area contributed by atoms with Crippen LogP contribution >= 0.6 is 23.2 Å². The van der Waals surface area contributed by atoms with Crippen molar-refractivity contribution in [3.05, 3.63) is 74.3 Å². The number of pyridine rings is 1. The van der Waals surface area contributed by atoms with Crippen molar-refractivity contribution in [3.63, 3.8) is 0 Å². The predicted molar refractivity (Wildman–Crippen MR) is 91.8 cm³/mol. The molecule has 0 spiro atoms. The van der Waals surface area contributed by atoms with E-state index in [0.29, 0.717) is 11.0 Å². The number of halogens is 2. The molecule has 2 heterocycles. The molecule has 0 saturated heterocycles. The van der Waals surface area contributed by atoms with Crippen LogP contribution in [0.4, 0.5) is 0 Å². The summed E-state index contributed by atoms with van der Waals surface area (Å²) >= 11 is 11.5. The van der Waals surface area contributed by atoms with Crippen LogP contribution in [0.2, 0.25) is 10.3 Å². The Morgan fingerprint density at radius 1 is 1.21 bits per heavy atom. The molecule has 0 unspecified atom stereocenters. The van der Waals surface area contributed by atoms with Crippen LogP contribution in [-0.2, 0) is 0 Å². The number of hydrogen-bond acceptors (Lipinski definition) is 5. The molecule has 6 nitrogen and oxygen atoms in total. The molecule has 8 heteroatoms. The Hall–Kier alpha value is -2.70. The Labute approximate surface area is 145 Å². The molecule has 24 heavy (non-hydrogen) atoms. The minimum atomic E-state index is -0.539. The van der Waals surface area contributed by atoms with Crippen LogP contribution in [0.25, 0.3) is 11.0 Å². The van der Waals surface area contributed by atoms with E-state index >= 15 is 0 Å². The second-order valence-electron chi connectivity index (χ2n) is 4.72. The highest BCUT2D eigenvalue weighted by Gasteiger charge is 2.08. The Bertz CT molecular complexity index is 995. The molecule has 0 aliphatic heterocycles. The van der Waals surface area contributed by atoms with Crippen LogP contribution in [-0.4, -0.2) is 17.1 Å². The fourth-order valence-electron chi connectivity index (χ4n) is 2.00. The highest BCUT2D eigenvalue weighted by Crippen LogP contribution is 2.14. The van der Waals surface area contributed by atoms with Gasteiger partial charge in [-0.3, -0.25) is 9.59 Å². The SMILES string of the molecule is O=C(N/N=C\c1coc2ccccc2c1=O)c1cc(Cl)nc(Cl)c1. The summed E-state index contributed by atoms with van der Waals surface area (Å²) in [6.07, 6.45) is 2.49. The fraction of sp³-hybridized carbons (Fsp3) is 0. The largest absolute Gasteiger partial charge is 0.463 e. The standard InChI is InChI=1S/C16H9Cl2N3O3/c17-13-5-9(6-14(18)20-13)16(23)21-19-7-10-8-24-12-4-2-1-3-11(12)15(10)22/h1-8H,(H,21,23)/b19-7-. The lowest BCUT2D eigenvalue weighted by atomic mass is 10.2. The van der Waals surface area contributed by atoms with Crippen molar-refractivity contribution in [3.8, 4) is 0 Å². The molecule has 0 radical (unpaired) electrons. The monoisotopic (exact) mass is 361 g/mol. The Morgan fingerprint density at radius 3 is 2.67 bits per heavy atom. The van der Waals surface area contributed by atoms with E-state index in [9.17, 15) is 9.59 Å². The third-order valence-corrected chi connectivity index (χ3v) is 3.49. The van der Waals surface area contributed by atoms with Crippen molar-refractivity contribution in [2.45, 2.75) is 0 Å². The number of rotatable bonds is 3. The minimum Gasteiger partial charge on any atom is -0.463 e. The molecule has 0 aliphatic carbocycles. The predicted octanol–water partition coefficient (Wildman–Crippen LogP) is 3.26. The molecule has 0 bridgehead atoms. The number of nitrogens with zero attached hydrogens (tertiary/aromatic N) is 2. The molecular weight excluding hydrogens is 353 g/mol. The summed E-state index contributed by atoms with van der Waals surface area (Å²) in [5.41, 5.74) is 2.92. The van der Waals surface area contributed by atoms with Gasteiger partial charge in [-0.15, -0.1) is 0 Å². The maximum absolute atomic E-state index is 12.3. The number of fused-ring (bicyclic) bond motifs is 1. The number of carbonyl (C=O) groups excluding carboxylic acids is 1. The normalized spacial score (nSPS) is 11.1. The Morgan fingerprint density at radius 2 is 1.92 bits per heavy atom. The van der Waals surface area contributed by atoms with E-state index in [0.717, 1.165) is 0 Å². The quantitative estimate of drug-likeness (QED) is 0.440. The summed E-state index contributed by atoms with van der Waals surface area (Å²) < 4.78 is 5.35. The van der Waals surface area contributed by atoms with Gasteiger partial charge in [0, 0.05) is 5.56 Å². The maximum Gasteiger partial charge on any atom is 0.271 e. The maximum atomic E-state index is 12.3. The minimum absolute atomic E-state index is 0.0896.